The summed E-state index contributed by atoms with van der Waals surface area (Å²) < 4.78 is 42.9. The van der Waals surface area contributed by atoms with Crippen molar-refractivity contribution in [2.45, 2.75) is 52.0 Å². The van der Waals surface area contributed by atoms with E-state index in [9.17, 15) is 27.6 Å². The number of hydrogen-bond donors (Lipinski definition) is 2. The number of carbonyl (C=O) groups is 2. The maximum atomic E-state index is 13.8. The highest BCUT2D eigenvalue weighted by Gasteiger charge is 2.36. The van der Waals surface area contributed by atoms with Crippen LogP contribution < -0.4 is 16.2 Å². The van der Waals surface area contributed by atoms with E-state index < -0.39 is 40.2 Å². The molecule has 0 radical (unpaired) electrons. The van der Waals surface area contributed by atoms with Crippen LogP contribution in [0.4, 0.5) is 19.1 Å². The maximum absolute atomic E-state index is 13.8. The van der Waals surface area contributed by atoms with E-state index in [0.717, 1.165) is 12.1 Å². The quantitative estimate of drug-likeness (QED) is 0.490. The molecule has 14 heteroatoms. The number of fused-ring (bicyclic) bond motifs is 1. The van der Waals surface area contributed by atoms with Gasteiger partial charge < -0.3 is 15.5 Å². The van der Waals surface area contributed by atoms with E-state index in [1.807, 2.05) is 13.8 Å². The molecule has 1 aromatic carbocycles. The Morgan fingerprint density at radius 1 is 1.21 bits per heavy atom. The second kappa shape index (κ2) is 10.4. The number of hydrogen-bond acceptors (Lipinski definition) is 6. The van der Waals surface area contributed by atoms with Gasteiger partial charge in [-0.1, -0.05) is 11.6 Å². The predicted molar refractivity (Wildman–Crippen MR) is 138 cm³/mol. The molecule has 0 bridgehead atoms. The Morgan fingerprint density at radius 2 is 1.90 bits per heavy atom. The number of nitrogens with zero attached hydrogens (tertiary/aromatic N) is 5. The van der Waals surface area contributed by atoms with Crippen LogP contribution >= 0.6 is 11.6 Å². The second-order valence-corrected chi connectivity index (χ2v) is 9.98. The second-order valence-electron chi connectivity index (χ2n) is 9.57. The topological polar surface area (TPSA) is 114 Å². The van der Waals surface area contributed by atoms with Gasteiger partial charge in [-0.25, -0.2) is 9.55 Å². The summed E-state index contributed by atoms with van der Waals surface area (Å²) in [7, 11) is 3.06. The van der Waals surface area contributed by atoms with Crippen molar-refractivity contribution in [1.29, 1.82) is 0 Å². The summed E-state index contributed by atoms with van der Waals surface area (Å²) in [5.74, 6) is -0.577. The van der Waals surface area contributed by atoms with Gasteiger partial charge in [-0.2, -0.15) is 18.3 Å². The smallest absolute Gasteiger partial charge is 0.354 e. The lowest BCUT2D eigenvalue weighted by atomic mass is 9.98. The molecule has 0 saturated carbocycles. The molecule has 0 spiro atoms. The van der Waals surface area contributed by atoms with Gasteiger partial charge in [-0.05, 0) is 45.4 Å². The van der Waals surface area contributed by atoms with Crippen molar-refractivity contribution in [2.75, 3.05) is 12.4 Å². The van der Waals surface area contributed by atoms with E-state index in [0.29, 0.717) is 17.1 Å². The fourth-order valence-electron chi connectivity index (χ4n) is 4.45. The van der Waals surface area contributed by atoms with Crippen molar-refractivity contribution in [3.05, 3.63) is 67.7 Å². The van der Waals surface area contributed by atoms with Crippen LogP contribution in [-0.2, 0) is 26.2 Å². The third kappa shape index (κ3) is 5.35. The van der Waals surface area contributed by atoms with E-state index in [-0.39, 0.29) is 36.2 Å². The molecule has 208 valence electrons. The lowest BCUT2D eigenvalue weighted by Crippen LogP contribution is -2.46. The van der Waals surface area contributed by atoms with Gasteiger partial charge in [-0.3, -0.25) is 19.1 Å². The molecule has 39 heavy (non-hydrogen) atoms. The van der Waals surface area contributed by atoms with Gasteiger partial charge >= 0.3 is 6.18 Å². The molecule has 1 aliphatic rings. The van der Waals surface area contributed by atoms with Crippen LogP contribution in [0.25, 0.3) is 5.82 Å². The van der Waals surface area contributed by atoms with E-state index in [1.54, 1.807) is 14.0 Å². The molecule has 0 saturated heterocycles. The normalized spacial score (nSPS) is 15.3. The number of carbonyl (C=O) groups excluding carboxylic acids is 2. The lowest BCUT2D eigenvalue weighted by Gasteiger charge is -2.35. The van der Waals surface area contributed by atoms with Crippen LogP contribution in [0.1, 0.15) is 58.4 Å². The Balaban J connectivity index is 1.78. The summed E-state index contributed by atoms with van der Waals surface area (Å²) in [6, 6.07) is 3.84. The zero-order chi connectivity index (χ0) is 28.8. The Morgan fingerprint density at radius 3 is 2.51 bits per heavy atom. The molecule has 10 nitrogen and oxygen atoms in total. The molecule has 0 aliphatic carbocycles. The SMILES string of the molecule is CNC(=O)c1cc(-n2c(NC(C)C)nc3c(c2=O)C[C@@H](C)N(C(=O)c2ccc(Cl)c(C(F)(F)F)c2)C3)n(C)n1. The molecule has 2 aromatic heterocycles. The van der Waals surface area contributed by atoms with Gasteiger partial charge in [-0.15, -0.1) is 0 Å². The van der Waals surface area contributed by atoms with Gasteiger partial charge in [0.2, 0.25) is 5.95 Å². The molecule has 2 N–H and O–H groups in total. The van der Waals surface area contributed by atoms with Crippen LogP contribution in [0.2, 0.25) is 5.02 Å². The number of alkyl halides is 3. The highest BCUT2D eigenvalue weighted by molar-refractivity contribution is 6.31. The molecule has 3 heterocycles. The van der Waals surface area contributed by atoms with Gasteiger partial charge in [0, 0.05) is 43.4 Å². The summed E-state index contributed by atoms with van der Waals surface area (Å²) in [5, 5.41) is 9.31. The van der Waals surface area contributed by atoms with E-state index >= 15 is 0 Å². The van der Waals surface area contributed by atoms with E-state index in [1.165, 1.54) is 33.3 Å². The zero-order valence-corrected chi connectivity index (χ0v) is 22.6. The molecule has 3 aromatic rings. The largest absolute Gasteiger partial charge is 0.417 e. The number of aryl methyl sites for hydroxylation is 1. The van der Waals surface area contributed by atoms with Gasteiger partial charge in [0.25, 0.3) is 17.4 Å². The third-order valence-electron chi connectivity index (χ3n) is 6.36. The summed E-state index contributed by atoms with van der Waals surface area (Å²) in [6.07, 6.45) is -4.60. The van der Waals surface area contributed by atoms with Crippen molar-refractivity contribution < 1.29 is 22.8 Å². The van der Waals surface area contributed by atoms with Crippen LogP contribution in [0.5, 0.6) is 0 Å². The van der Waals surface area contributed by atoms with Crippen LogP contribution in [0.15, 0.2) is 29.1 Å². The zero-order valence-electron chi connectivity index (χ0n) is 21.9. The maximum Gasteiger partial charge on any atom is 0.417 e. The van der Waals surface area contributed by atoms with Gasteiger partial charge in [0.1, 0.15) is 5.82 Å². The number of aromatic nitrogens is 4. The number of amides is 2. The highest BCUT2D eigenvalue weighted by Crippen LogP contribution is 2.36. The summed E-state index contributed by atoms with van der Waals surface area (Å²) in [6.45, 7) is 5.33. The number of halogens is 4. The summed E-state index contributed by atoms with van der Waals surface area (Å²) in [4.78, 5) is 45.3. The Bertz CT molecular complexity index is 1510. The van der Waals surface area contributed by atoms with E-state index in [2.05, 4.69) is 20.7 Å². The minimum absolute atomic E-state index is 0.0863. The highest BCUT2D eigenvalue weighted by atomic mass is 35.5. The number of anilines is 1. The average molecular weight is 566 g/mol. The van der Waals surface area contributed by atoms with Gasteiger partial charge in [0.15, 0.2) is 5.69 Å². The lowest BCUT2D eigenvalue weighted by molar-refractivity contribution is -0.137. The predicted octanol–water partition coefficient (Wildman–Crippen LogP) is 3.41. The summed E-state index contributed by atoms with van der Waals surface area (Å²) >= 11 is 5.72. The number of nitrogens with one attached hydrogen (secondary N) is 2. The van der Waals surface area contributed by atoms with Crippen molar-refractivity contribution >= 4 is 29.4 Å². The Hall–Kier alpha value is -3.87. The molecule has 0 fully saturated rings. The van der Waals surface area contributed by atoms with Crippen molar-refractivity contribution in [2.24, 2.45) is 7.05 Å². The van der Waals surface area contributed by atoms with Crippen molar-refractivity contribution in [3.63, 3.8) is 0 Å². The molecular formula is C25H27ClF3N7O3. The first kappa shape index (κ1) is 28.1. The van der Waals surface area contributed by atoms with E-state index in [4.69, 9.17) is 11.6 Å². The minimum atomic E-state index is -4.72. The first-order chi connectivity index (χ1) is 18.2. The first-order valence-corrected chi connectivity index (χ1v) is 12.5. The fourth-order valence-corrected chi connectivity index (χ4v) is 4.67. The van der Waals surface area contributed by atoms with Crippen LogP contribution in [0, 0.1) is 0 Å². The molecule has 1 atom stereocenters. The third-order valence-corrected chi connectivity index (χ3v) is 6.68. The summed E-state index contributed by atoms with van der Waals surface area (Å²) in [5.41, 5.74) is -0.884. The molecular weight excluding hydrogens is 539 g/mol. The molecule has 1 aliphatic heterocycles. The number of rotatable bonds is 5. The van der Waals surface area contributed by atoms with Crippen LogP contribution in [0.3, 0.4) is 0 Å². The Kier molecular flexibility index (Phi) is 7.48. The standard InChI is InChI=1S/C25H27ClF3N7O3/c1-12(2)31-24-32-19-11-35(22(38)14-6-7-17(26)16(9-14)25(27,28)29)13(3)8-15(19)23(39)36(24)20-10-18(21(37)30-4)33-34(20)5/h6-7,9-10,12-13H,8,11H2,1-5H3,(H,30,37)(H,31,32)/t13-/m1/s1. The first-order valence-electron chi connectivity index (χ1n) is 12.1. The number of benzene rings is 1. The fraction of sp³-hybridized carbons (Fsp3) is 0.400. The molecule has 2 amide bonds. The van der Waals surface area contributed by atoms with Gasteiger partial charge in [0.05, 0.1) is 22.8 Å². The average Bonchev–Trinajstić information content (AvgIpc) is 3.23. The minimum Gasteiger partial charge on any atom is -0.354 e. The monoisotopic (exact) mass is 565 g/mol. The van der Waals surface area contributed by atoms with Crippen molar-refractivity contribution in [3.8, 4) is 5.82 Å². The van der Waals surface area contributed by atoms with Crippen molar-refractivity contribution in [1.82, 2.24) is 29.5 Å². The molecule has 4 rings (SSSR count). The van der Waals surface area contributed by atoms with Crippen LogP contribution in [-0.4, -0.2) is 55.2 Å². The Labute approximate surface area is 226 Å². The molecule has 0 unspecified atom stereocenters.